The molecule has 8 aromatic rings. The highest BCUT2D eigenvalue weighted by molar-refractivity contribution is 6.10. The molecule has 2 heteroatoms. The van der Waals surface area contributed by atoms with E-state index in [1.54, 1.807) is 0 Å². The minimum Gasteiger partial charge on any atom is -0.309 e. The van der Waals surface area contributed by atoms with Crippen molar-refractivity contribution in [2.75, 3.05) is 0 Å². The molecule has 0 spiro atoms. The van der Waals surface area contributed by atoms with Gasteiger partial charge in [0.15, 0.2) is 0 Å². The van der Waals surface area contributed by atoms with Crippen LogP contribution in [0.25, 0.3) is 66.1 Å². The van der Waals surface area contributed by atoms with Gasteiger partial charge < -0.3 is 9.13 Å². The average molecular weight is 737 g/mol. The Balaban J connectivity index is 1.15. The van der Waals surface area contributed by atoms with Crippen molar-refractivity contribution in [3.8, 4) is 11.4 Å². The van der Waals surface area contributed by atoms with Crippen LogP contribution in [0.5, 0.6) is 0 Å². The maximum atomic E-state index is 2.43. The summed E-state index contributed by atoms with van der Waals surface area (Å²) in [4.78, 5) is 0. The predicted octanol–water partition coefficient (Wildman–Crippen LogP) is 15.3. The van der Waals surface area contributed by atoms with E-state index in [4.69, 9.17) is 0 Å². The van der Waals surface area contributed by atoms with Crippen molar-refractivity contribution in [2.45, 2.75) is 47.0 Å². The van der Waals surface area contributed by atoms with Crippen LogP contribution in [0.15, 0.2) is 204 Å². The van der Waals surface area contributed by atoms with Gasteiger partial charge in [0.25, 0.3) is 0 Å². The summed E-state index contributed by atoms with van der Waals surface area (Å²) in [7, 11) is 0. The lowest BCUT2D eigenvalue weighted by atomic mass is 9.90. The van der Waals surface area contributed by atoms with Crippen LogP contribution in [0.3, 0.4) is 0 Å². The molecule has 0 radical (unpaired) electrons. The zero-order valence-electron chi connectivity index (χ0n) is 33.3. The van der Waals surface area contributed by atoms with Gasteiger partial charge in [0.05, 0.1) is 22.1 Å². The highest BCUT2D eigenvalue weighted by Crippen LogP contribution is 2.36. The van der Waals surface area contributed by atoms with E-state index in [-0.39, 0.29) is 0 Å². The first-order valence-electron chi connectivity index (χ1n) is 20.3. The molecule has 57 heavy (non-hydrogen) atoms. The SMILES string of the molecule is C\C=C(/C=C(\C=C(/C)CC)C1=C/C(c2cccc(-n3c4ccccc4c4ccccc43)c2)=C\CC\C(C)=C\1)c1cccc(-n2c3ccccc3c3ccccc32)c1. The van der Waals surface area contributed by atoms with Crippen LogP contribution in [0.1, 0.15) is 58.1 Å². The third kappa shape index (κ3) is 6.83. The number of benzene rings is 6. The minimum absolute atomic E-state index is 0.991. The van der Waals surface area contributed by atoms with Gasteiger partial charge in [-0.2, -0.15) is 0 Å². The molecule has 0 unspecified atom stereocenters. The number of hydrogen-bond acceptors (Lipinski definition) is 0. The quantitative estimate of drug-likeness (QED) is 0.138. The summed E-state index contributed by atoms with van der Waals surface area (Å²) in [5, 5.41) is 5.10. The van der Waals surface area contributed by atoms with Gasteiger partial charge in [-0.1, -0.05) is 139 Å². The lowest BCUT2D eigenvalue weighted by Crippen LogP contribution is -1.97. The Bertz CT molecular complexity index is 2910. The molecule has 2 nitrogen and oxygen atoms in total. The third-order valence-electron chi connectivity index (χ3n) is 11.6. The van der Waals surface area contributed by atoms with Gasteiger partial charge in [-0.05, 0) is 134 Å². The summed E-state index contributed by atoms with van der Waals surface area (Å²) in [5.74, 6) is 0. The smallest absolute Gasteiger partial charge is 0.0541 e. The molecule has 0 aliphatic heterocycles. The number of hydrogen-bond donors (Lipinski definition) is 0. The van der Waals surface area contributed by atoms with E-state index >= 15 is 0 Å². The lowest BCUT2D eigenvalue weighted by molar-refractivity contribution is 0.974. The molecule has 0 atom stereocenters. The Hall–Kier alpha value is -6.64. The first-order valence-corrected chi connectivity index (χ1v) is 20.3. The Morgan fingerprint density at radius 1 is 0.579 bits per heavy atom. The molecule has 0 amide bonds. The summed E-state index contributed by atoms with van der Waals surface area (Å²) in [5.41, 5.74) is 17.3. The first-order chi connectivity index (χ1) is 28.0. The van der Waals surface area contributed by atoms with Crippen LogP contribution in [0.2, 0.25) is 0 Å². The molecule has 2 heterocycles. The number of allylic oxidation sites excluding steroid dienone is 12. The van der Waals surface area contributed by atoms with E-state index in [2.05, 4.69) is 219 Å². The zero-order valence-corrected chi connectivity index (χ0v) is 33.3. The highest BCUT2D eigenvalue weighted by atomic mass is 15.0. The summed E-state index contributed by atoms with van der Waals surface area (Å²) < 4.78 is 4.82. The topological polar surface area (TPSA) is 9.86 Å². The van der Waals surface area contributed by atoms with Gasteiger partial charge in [0, 0.05) is 32.9 Å². The Labute approximate surface area is 336 Å². The van der Waals surface area contributed by atoms with E-state index in [1.807, 2.05) is 0 Å². The molecule has 2 aromatic heterocycles. The maximum absolute atomic E-state index is 2.43. The molecular weight excluding hydrogens is 689 g/mol. The summed E-state index contributed by atoms with van der Waals surface area (Å²) in [6, 6.07) is 53.1. The zero-order chi connectivity index (χ0) is 38.9. The van der Waals surface area contributed by atoms with Crippen molar-refractivity contribution in [2.24, 2.45) is 0 Å². The second kappa shape index (κ2) is 15.5. The molecule has 0 N–H and O–H groups in total. The normalized spacial score (nSPS) is 17.3. The second-order valence-electron chi connectivity index (χ2n) is 15.3. The highest BCUT2D eigenvalue weighted by Gasteiger charge is 2.16. The fourth-order valence-corrected chi connectivity index (χ4v) is 8.56. The summed E-state index contributed by atoms with van der Waals surface area (Å²) in [6.45, 7) is 8.92. The Morgan fingerprint density at radius 2 is 1.11 bits per heavy atom. The van der Waals surface area contributed by atoms with Crippen LogP contribution < -0.4 is 0 Å². The van der Waals surface area contributed by atoms with Gasteiger partial charge in [-0.15, -0.1) is 0 Å². The molecule has 9 rings (SSSR count). The Morgan fingerprint density at radius 3 is 1.65 bits per heavy atom. The van der Waals surface area contributed by atoms with Crippen molar-refractivity contribution in [3.63, 3.8) is 0 Å². The first kappa shape index (κ1) is 36.0. The van der Waals surface area contributed by atoms with Gasteiger partial charge in [0.1, 0.15) is 0 Å². The van der Waals surface area contributed by atoms with Crippen molar-refractivity contribution >= 4 is 54.8 Å². The number of nitrogens with zero attached hydrogens (tertiary/aromatic N) is 2. The number of rotatable bonds is 8. The number of aromatic nitrogens is 2. The third-order valence-corrected chi connectivity index (χ3v) is 11.6. The fraction of sp³-hybridized carbons (Fsp3) is 0.127. The molecule has 0 saturated carbocycles. The molecule has 1 aliphatic rings. The van der Waals surface area contributed by atoms with Gasteiger partial charge in [0.2, 0.25) is 0 Å². The van der Waals surface area contributed by atoms with E-state index in [1.165, 1.54) is 93.9 Å². The van der Waals surface area contributed by atoms with Gasteiger partial charge in [-0.25, -0.2) is 0 Å². The van der Waals surface area contributed by atoms with Crippen LogP contribution in [0.4, 0.5) is 0 Å². The molecule has 1 aliphatic carbocycles. The van der Waals surface area contributed by atoms with E-state index in [0.29, 0.717) is 0 Å². The van der Waals surface area contributed by atoms with Crippen LogP contribution in [0, 0.1) is 0 Å². The van der Waals surface area contributed by atoms with Crippen LogP contribution in [-0.4, -0.2) is 9.13 Å². The second-order valence-corrected chi connectivity index (χ2v) is 15.3. The average Bonchev–Trinajstić information content (AvgIpc) is 3.77. The molecule has 278 valence electrons. The molecule has 6 aromatic carbocycles. The standard InChI is InChI=1S/C55H48N2/c1-5-38(3)32-44(34-40(6-2)42-20-16-22-46(36-42)56-52-28-11-7-24-48(52)49-25-8-12-29-53(49)56)45-33-39(4)18-15-19-41(35-45)43-21-17-23-47(37-43)57-54-30-13-9-26-50(54)51-27-10-14-31-55(51)57/h6-14,16-17,19-37H,5,15,18H2,1-4H3/b38-32+,39-33+,40-6+,41-19+,44-34+,45-35+. The number of para-hydroxylation sites is 4. The number of fused-ring (bicyclic) bond motifs is 6. The van der Waals surface area contributed by atoms with Crippen LogP contribution in [-0.2, 0) is 0 Å². The van der Waals surface area contributed by atoms with Crippen molar-refractivity contribution in [1.82, 2.24) is 9.13 Å². The van der Waals surface area contributed by atoms with Crippen molar-refractivity contribution in [1.29, 1.82) is 0 Å². The van der Waals surface area contributed by atoms with Gasteiger partial charge in [-0.3, -0.25) is 0 Å². The van der Waals surface area contributed by atoms with E-state index in [0.717, 1.165) is 24.9 Å². The van der Waals surface area contributed by atoms with E-state index in [9.17, 15) is 0 Å². The monoisotopic (exact) mass is 736 g/mol. The summed E-state index contributed by atoms with van der Waals surface area (Å²) >= 11 is 0. The van der Waals surface area contributed by atoms with E-state index < -0.39 is 0 Å². The van der Waals surface area contributed by atoms with Gasteiger partial charge >= 0.3 is 0 Å². The minimum atomic E-state index is 0.991. The summed E-state index contributed by atoms with van der Waals surface area (Å²) in [6.07, 6.45) is 17.3. The molecule has 0 saturated heterocycles. The Kier molecular flexibility index (Phi) is 9.78. The van der Waals surface area contributed by atoms with Crippen molar-refractivity contribution < 1.29 is 0 Å². The largest absolute Gasteiger partial charge is 0.309 e. The van der Waals surface area contributed by atoms with Crippen molar-refractivity contribution in [3.05, 3.63) is 215 Å². The maximum Gasteiger partial charge on any atom is 0.0541 e. The molecule has 0 fully saturated rings. The fourth-order valence-electron chi connectivity index (χ4n) is 8.56. The van der Waals surface area contributed by atoms with Crippen LogP contribution >= 0.6 is 0 Å². The molecule has 0 bridgehead atoms. The lowest BCUT2D eigenvalue weighted by Gasteiger charge is -2.16. The molecular formula is C55H48N2. The predicted molar refractivity (Wildman–Crippen MR) is 246 cm³/mol.